The molecule has 0 spiro atoms. The van der Waals surface area contributed by atoms with E-state index in [-0.39, 0.29) is 6.03 Å². The molecular weight excluding hydrogens is 348 g/mol. The highest BCUT2D eigenvalue weighted by atomic mass is 16.5. The second kappa shape index (κ2) is 9.13. The van der Waals surface area contributed by atoms with Crippen molar-refractivity contribution in [3.05, 3.63) is 65.2 Å². The Morgan fingerprint density at radius 1 is 1.04 bits per heavy atom. The van der Waals surface area contributed by atoms with Crippen molar-refractivity contribution in [3.8, 4) is 5.75 Å². The highest BCUT2D eigenvalue weighted by Crippen LogP contribution is 2.26. The summed E-state index contributed by atoms with van der Waals surface area (Å²) in [6, 6.07) is 17.1. The lowest BCUT2D eigenvalue weighted by atomic mass is 9.90. The standard InChI is InChI=1S/C24H30N2O2/c27-24(25-13-16-28-23-10-9-21-7-4-8-22(21)18-23)26-14-11-20(12-15-26)17-19-5-2-1-3-6-19/h1-3,5-6,9-10,18,20H,4,7-8,11-17H2,(H,25,27). The number of fused-ring (bicyclic) bond motifs is 1. The minimum Gasteiger partial charge on any atom is -0.492 e. The molecule has 2 amide bonds. The van der Waals surface area contributed by atoms with Crippen LogP contribution in [-0.2, 0) is 19.3 Å². The van der Waals surface area contributed by atoms with Gasteiger partial charge < -0.3 is 15.0 Å². The first-order chi connectivity index (χ1) is 13.8. The van der Waals surface area contributed by atoms with Crippen molar-refractivity contribution in [3.63, 3.8) is 0 Å². The van der Waals surface area contributed by atoms with Crippen molar-refractivity contribution < 1.29 is 9.53 Å². The summed E-state index contributed by atoms with van der Waals surface area (Å²) >= 11 is 0. The van der Waals surface area contributed by atoms with E-state index in [9.17, 15) is 4.79 Å². The number of rotatable bonds is 6. The van der Waals surface area contributed by atoms with Crippen molar-refractivity contribution >= 4 is 6.03 Å². The van der Waals surface area contributed by atoms with Crippen LogP contribution in [0, 0.1) is 5.92 Å². The highest BCUT2D eigenvalue weighted by Gasteiger charge is 2.22. The van der Waals surface area contributed by atoms with Gasteiger partial charge in [0, 0.05) is 13.1 Å². The number of hydrogen-bond donors (Lipinski definition) is 1. The van der Waals surface area contributed by atoms with Crippen LogP contribution in [0.25, 0.3) is 0 Å². The molecule has 0 saturated carbocycles. The maximum Gasteiger partial charge on any atom is 0.317 e. The van der Waals surface area contributed by atoms with E-state index >= 15 is 0 Å². The second-order valence-corrected chi connectivity index (χ2v) is 7.98. The zero-order valence-corrected chi connectivity index (χ0v) is 16.5. The lowest BCUT2D eigenvalue weighted by Crippen LogP contribution is -2.45. The van der Waals surface area contributed by atoms with Gasteiger partial charge in [-0.25, -0.2) is 4.79 Å². The number of amides is 2. The topological polar surface area (TPSA) is 41.6 Å². The Hall–Kier alpha value is -2.49. The first-order valence-corrected chi connectivity index (χ1v) is 10.6. The van der Waals surface area contributed by atoms with Gasteiger partial charge in [-0.15, -0.1) is 0 Å². The summed E-state index contributed by atoms with van der Waals surface area (Å²) in [4.78, 5) is 14.3. The van der Waals surface area contributed by atoms with E-state index in [0.29, 0.717) is 19.1 Å². The number of urea groups is 1. The van der Waals surface area contributed by atoms with Crippen LogP contribution < -0.4 is 10.1 Å². The van der Waals surface area contributed by atoms with Gasteiger partial charge in [-0.05, 0) is 73.3 Å². The zero-order chi connectivity index (χ0) is 19.2. The van der Waals surface area contributed by atoms with Gasteiger partial charge in [-0.2, -0.15) is 0 Å². The van der Waals surface area contributed by atoms with Crippen LogP contribution in [0.2, 0.25) is 0 Å². The molecule has 148 valence electrons. The fourth-order valence-electron chi connectivity index (χ4n) is 4.36. The molecule has 1 aliphatic carbocycles. The Balaban J connectivity index is 1.14. The minimum absolute atomic E-state index is 0.0377. The van der Waals surface area contributed by atoms with Crippen molar-refractivity contribution in [2.24, 2.45) is 5.92 Å². The number of nitrogens with zero attached hydrogens (tertiary/aromatic N) is 1. The van der Waals surface area contributed by atoms with Crippen LogP contribution in [0.3, 0.4) is 0 Å². The predicted molar refractivity (Wildman–Crippen MR) is 112 cm³/mol. The van der Waals surface area contributed by atoms with E-state index in [2.05, 4.69) is 47.8 Å². The summed E-state index contributed by atoms with van der Waals surface area (Å²) in [7, 11) is 0. The normalized spacial score (nSPS) is 16.6. The van der Waals surface area contributed by atoms with Gasteiger partial charge in [0.1, 0.15) is 12.4 Å². The Bertz CT molecular complexity index is 782. The number of piperidine rings is 1. The molecule has 1 heterocycles. The maximum absolute atomic E-state index is 12.4. The van der Waals surface area contributed by atoms with Crippen molar-refractivity contribution in [1.29, 1.82) is 0 Å². The monoisotopic (exact) mass is 378 g/mol. The van der Waals surface area contributed by atoms with E-state index in [1.54, 1.807) is 0 Å². The highest BCUT2D eigenvalue weighted by molar-refractivity contribution is 5.74. The molecular formula is C24H30N2O2. The molecule has 0 radical (unpaired) electrons. The molecule has 28 heavy (non-hydrogen) atoms. The number of benzene rings is 2. The molecule has 1 fully saturated rings. The number of likely N-dealkylation sites (tertiary alicyclic amines) is 1. The van der Waals surface area contributed by atoms with Crippen LogP contribution in [0.15, 0.2) is 48.5 Å². The summed E-state index contributed by atoms with van der Waals surface area (Å²) in [5.74, 6) is 1.59. The Morgan fingerprint density at radius 3 is 2.64 bits per heavy atom. The van der Waals surface area contributed by atoms with E-state index < -0.39 is 0 Å². The van der Waals surface area contributed by atoms with E-state index in [0.717, 1.165) is 44.5 Å². The Labute approximate surface area is 167 Å². The number of carbonyl (C=O) groups excluding carboxylic acids is 1. The summed E-state index contributed by atoms with van der Waals surface area (Å²) in [6.07, 6.45) is 6.86. The van der Waals surface area contributed by atoms with Gasteiger partial charge in [0.25, 0.3) is 0 Å². The number of ether oxygens (including phenoxy) is 1. The van der Waals surface area contributed by atoms with Crippen LogP contribution in [0.5, 0.6) is 5.75 Å². The average molecular weight is 379 g/mol. The molecule has 0 bridgehead atoms. The SMILES string of the molecule is O=C(NCCOc1ccc2c(c1)CCC2)N1CCC(Cc2ccccc2)CC1. The lowest BCUT2D eigenvalue weighted by Gasteiger charge is -2.32. The molecule has 4 rings (SSSR count). The maximum atomic E-state index is 12.4. The lowest BCUT2D eigenvalue weighted by molar-refractivity contribution is 0.168. The van der Waals surface area contributed by atoms with E-state index in [1.165, 1.54) is 29.5 Å². The van der Waals surface area contributed by atoms with Crippen LogP contribution in [0.4, 0.5) is 4.79 Å². The molecule has 4 nitrogen and oxygen atoms in total. The average Bonchev–Trinajstić information content (AvgIpc) is 3.20. The largest absolute Gasteiger partial charge is 0.492 e. The van der Waals surface area contributed by atoms with E-state index in [4.69, 9.17) is 4.74 Å². The predicted octanol–water partition coefficient (Wildman–Crippen LogP) is 4.22. The molecule has 2 aliphatic rings. The minimum atomic E-state index is 0.0377. The van der Waals surface area contributed by atoms with Crippen LogP contribution in [0.1, 0.15) is 36.0 Å². The second-order valence-electron chi connectivity index (χ2n) is 7.98. The first-order valence-electron chi connectivity index (χ1n) is 10.6. The molecule has 0 aromatic heterocycles. The first kappa shape index (κ1) is 18.9. The Morgan fingerprint density at radius 2 is 1.82 bits per heavy atom. The summed E-state index contributed by atoms with van der Waals surface area (Å²) in [6.45, 7) is 2.74. The summed E-state index contributed by atoms with van der Waals surface area (Å²) in [5, 5.41) is 3.00. The zero-order valence-electron chi connectivity index (χ0n) is 16.5. The van der Waals surface area contributed by atoms with Gasteiger partial charge >= 0.3 is 6.03 Å². The van der Waals surface area contributed by atoms with E-state index in [1.807, 2.05) is 11.0 Å². The molecule has 0 unspecified atom stereocenters. The summed E-state index contributed by atoms with van der Waals surface area (Å²) < 4.78 is 5.82. The molecule has 4 heteroatoms. The van der Waals surface area contributed by atoms with Gasteiger partial charge in [-0.3, -0.25) is 0 Å². The molecule has 1 saturated heterocycles. The van der Waals surface area contributed by atoms with Crippen molar-refractivity contribution in [1.82, 2.24) is 10.2 Å². The molecule has 1 aliphatic heterocycles. The molecule has 2 aromatic rings. The quantitative estimate of drug-likeness (QED) is 0.765. The van der Waals surface area contributed by atoms with Gasteiger partial charge in [0.15, 0.2) is 0 Å². The fraction of sp³-hybridized carbons (Fsp3) is 0.458. The van der Waals surface area contributed by atoms with Crippen molar-refractivity contribution in [2.45, 2.75) is 38.5 Å². The molecule has 1 N–H and O–H groups in total. The molecule has 0 atom stereocenters. The third-order valence-corrected chi connectivity index (χ3v) is 5.99. The number of aryl methyl sites for hydroxylation is 2. The van der Waals surface area contributed by atoms with Crippen LogP contribution in [-0.4, -0.2) is 37.2 Å². The van der Waals surface area contributed by atoms with Crippen LogP contribution >= 0.6 is 0 Å². The number of nitrogens with one attached hydrogen (secondary N) is 1. The number of carbonyl (C=O) groups is 1. The smallest absolute Gasteiger partial charge is 0.317 e. The van der Waals surface area contributed by atoms with Gasteiger partial charge in [0.05, 0.1) is 6.54 Å². The van der Waals surface area contributed by atoms with Crippen molar-refractivity contribution in [2.75, 3.05) is 26.2 Å². The number of hydrogen-bond acceptors (Lipinski definition) is 2. The van der Waals surface area contributed by atoms with Gasteiger partial charge in [0.2, 0.25) is 0 Å². The third kappa shape index (κ3) is 4.86. The Kier molecular flexibility index (Phi) is 6.15. The fourth-order valence-corrected chi connectivity index (χ4v) is 4.36. The molecule has 2 aromatic carbocycles. The summed E-state index contributed by atoms with van der Waals surface area (Å²) in [5.41, 5.74) is 4.27. The third-order valence-electron chi connectivity index (χ3n) is 5.99. The van der Waals surface area contributed by atoms with Gasteiger partial charge in [-0.1, -0.05) is 36.4 Å².